The van der Waals surface area contributed by atoms with Gasteiger partial charge in [-0.05, 0) is 35.9 Å². The van der Waals surface area contributed by atoms with E-state index in [0.29, 0.717) is 12.0 Å². The molecule has 0 aliphatic heterocycles. The van der Waals surface area contributed by atoms with Crippen LogP contribution in [-0.4, -0.2) is 40.5 Å². The molecule has 0 amide bonds. The van der Waals surface area contributed by atoms with Crippen molar-refractivity contribution in [3.05, 3.63) is 16.9 Å². The Morgan fingerprint density at radius 3 is 2.38 bits per heavy atom. The Bertz CT molecular complexity index is 297. The first-order chi connectivity index (χ1) is 7.65. The van der Waals surface area contributed by atoms with Gasteiger partial charge in [-0.15, -0.1) is 0 Å². The molecule has 1 aromatic heterocycles. The zero-order valence-corrected chi connectivity index (χ0v) is 11.7. The van der Waals surface area contributed by atoms with Crippen LogP contribution in [0.25, 0.3) is 0 Å². The maximum atomic E-state index is 4.19. The fraction of sp³-hybridized carbons (Fsp3) is 0.636. The van der Waals surface area contributed by atoms with Crippen molar-refractivity contribution in [1.29, 1.82) is 0 Å². The molecule has 5 heteroatoms. The highest BCUT2D eigenvalue weighted by Gasteiger charge is 2.07. The third-order valence-electron chi connectivity index (χ3n) is 2.42. The number of nitrogens with zero attached hydrogens (tertiary/aromatic N) is 3. The number of hydrogen-bond acceptors (Lipinski definition) is 4. The lowest BCUT2D eigenvalue weighted by Gasteiger charge is -2.23. The maximum Gasteiger partial charge on any atom is 0.222 e. The molecule has 90 valence electrons. The van der Waals surface area contributed by atoms with Crippen LogP contribution >= 0.6 is 15.9 Å². The molecule has 0 radical (unpaired) electrons. The van der Waals surface area contributed by atoms with E-state index < -0.39 is 0 Å². The minimum absolute atomic E-state index is 0.348. The second-order valence-electron chi connectivity index (χ2n) is 3.76. The first-order valence-electron chi connectivity index (χ1n) is 5.62. The van der Waals surface area contributed by atoms with Gasteiger partial charge < -0.3 is 10.2 Å². The van der Waals surface area contributed by atoms with E-state index in [-0.39, 0.29) is 0 Å². The predicted octanol–water partition coefficient (Wildman–Crippen LogP) is 2.38. The average molecular weight is 287 g/mol. The molecule has 0 aliphatic rings. The van der Waals surface area contributed by atoms with Crippen LogP contribution in [0.15, 0.2) is 16.9 Å². The van der Waals surface area contributed by atoms with Crippen molar-refractivity contribution < 1.29 is 0 Å². The molecule has 1 aromatic rings. The lowest BCUT2D eigenvalue weighted by molar-refractivity contribution is 0.294. The zero-order chi connectivity index (χ0) is 12.0. The standard InChI is InChI=1S/C11H19BrN4/c1-4-16(5-2)8-9(3)15-11-13-6-10(12)7-14-11/h6-7,9H,4-5,8H2,1-3H3,(H,13,14,15). The van der Waals surface area contributed by atoms with Gasteiger partial charge in [-0.2, -0.15) is 0 Å². The van der Waals surface area contributed by atoms with E-state index in [1.54, 1.807) is 12.4 Å². The smallest absolute Gasteiger partial charge is 0.222 e. The van der Waals surface area contributed by atoms with Gasteiger partial charge in [-0.3, -0.25) is 0 Å². The quantitative estimate of drug-likeness (QED) is 0.872. The largest absolute Gasteiger partial charge is 0.350 e. The molecule has 0 saturated carbocycles. The van der Waals surface area contributed by atoms with Crippen LogP contribution in [0.3, 0.4) is 0 Å². The molecular weight excluding hydrogens is 268 g/mol. The fourth-order valence-corrected chi connectivity index (χ4v) is 1.73. The van der Waals surface area contributed by atoms with Crippen LogP contribution in [0.4, 0.5) is 5.95 Å². The van der Waals surface area contributed by atoms with E-state index >= 15 is 0 Å². The van der Waals surface area contributed by atoms with E-state index in [9.17, 15) is 0 Å². The van der Waals surface area contributed by atoms with Crippen LogP contribution in [-0.2, 0) is 0 Å². The number of halogens is 1. The average Bonchev–Trinajstić information content (AvgIpc) is 2.29. The SMILES string of the molecule is CCN(CC)CC(C)Nc1ncc(Br)cn1. The molecular formula is C11H19BrN4. The molecule has 0 aromatic carbocycles. The van der Waals surface area contributed by atoms with Gasteiger partial charge in [0.05, 0.1) is 4.47 Å². The van der Waals surface area contributed by atoms with Gasteiger partial charge in [0.1, 0.15) is 0 Å². The first kappa shape index (κ1) is 13.4. The minimum Gasteiger partial charge on any atom is -0.350 e. The van der Waals surface area contributed by atoms with Gasteiger partial charge in [0.2, 0.25) is 5.95 Å². The lowest BCUT2D eigenvalue weighted by atomic mass is 10.3. The Morgan fingerprint density at radius 2 is 1.88 bits per heavy atom. The molecule has 1 heterocycles. The topological polar surface area (TPSA) is 41.0 Å². The van der Waals surface area contributed by atoms with Crippen LogP contribution in [0.2, 0.25) is 0 Å². The molecule has 16 heavy (non-hydrogen) atoms. The highest BCUT2D eigenvalue weighted by molar-refractivity contribution is 9.10. The summed E-state index contributed by atoms with van der Waals surface area (Å²) in [6.07, 6.45) is 3.50. The van der Waals surface area contributed by atoms with Crippen molar-refractivity contribution >= 4 is 21.9 Å². The normalized spacial score (nSPS) is 12.8. The van der Waals surface area contributed by atoms with Crippen LogP contribution in [0, 0.1) is 0 Å². The Hall–Kier alpha value is -0.680. The second-order valence-corrected chi connectivity index (χ2v) is 4.67. The van der Waals surface area contributed by atoms with Gasteiger partial charge >= 0.3 is 0 Å². The monoisotopic (exact) mass is 286 g/mol. The molecule has 0 aliphatic carbocycles. The number of hydrogen-bond donors (Lipinski definition) is 1. The highest BCUT2D eigenvalue weighted by atomic mass is 79.9. The second kappa shape index (κ2) is 6.81. The van der Waals surface area contributed by atoms with Crippen molar-refractivity contribution in [2.75, 3.05) is 25.0 Å². The zero-order valence-electron chi connectivity index (χ0n) is 10.1. The van der Waals surface area contributed by atoms with E-state index in [1.165, 1.54) is 0 Å². The summed E-state index contributed by atoms with van der Waals surface area (Å²) in [6.45, 7) is 9.64. The van der Waals surface area contributed by atoms with Gasteiger partial charge in [0.25, 0.3) is 0 Å². The van der Waals surface area contributed by atoms with E-state index in [2.05, 4.69) is 56.9 Å². The summed E-state index contributed by atoms with van der Waals surface area (Å²) >= 11 is 3.31. The molecule has 1 rings (SSSR count). The number of likely N-dealkylation sites (N-methyl/N-ethyl adjacent to an activating group) is 1. The van der Waals surface area contributed by atoms with Gasteiger partial charge in [-0.1, -0.05) is 13.8 Å². The lowest BCUT2D eigenvalue weighted by Crippen LogP contribution is -2.35. The van der Waals surface area contributed by atoms with Crippen LogP contribution in [0.1, 0.15) is 20.8 Å². The van der Waals surface area contributed by atoms with Gasteiger partial charge in [-0.25, -0.2) is 9.97 Å². The van der Waals surface area contributed by atoms with E-state index in [1.807, 2.05) is 0 Å². The van der Waals surface area contributed by atoms with Crippen molar-refractivity contribution in [2.45, 2.75) is 26.8 Å². The van der Waals surface area contributed by atoms with Crippen molar-refractivity contribution in [3.8, 4) is 0 Å². The number of rotatable bonds is 6. The van der Waals surface area contributed by atoms with Crippen LogP contribution < -0.4 is 5.32 Å². The van der Waals surface area contributed by atoms with Crippen molar-refractivity contribution in [1.82, 2.24) is 14.9 Å². The molecule has 0 bridgehead atoms. The summed E-state index contributed by atoms with van der Waals surface area (Å²) in [5.74, 6) is 0.683. The Balaban J connectivity index is 2.44. The summed E-state index contributed by atoms with van der Waals surface area (Å²) in [6, 6.07) is 0.348. The Labute approximate surface area is 106 Å². The minimum atomic E-state index is 0.348. The summed E-state index contributed by atoms with van der Waals surface area (Å²) in [5.41, 5.74) is 0. The number of anilines is 1. The van der Waals surface area contributed by atoms with Gasteiger partial charge in [0, 0.05) is 25.0 Å². The third kappa shape index (κ3) is 4.45. The molecule has 0 saturated heterocycles. The van der Waals surface area contributed by atoms with Gasteiger partial charge in [0.15, 0.2) is 0 Å². The molecule has 0 spiro atoms. The molecule has 0 fully saturated rings. The fourth-order valence-electron chi connectivity index (χ4n) is 1.52. The highest BCUT2D eigenvalue weighted by Crippen LogP contribution is 2.07. The summed E-state index contributed by atoms with van der Waals surface area (Å²) in [5, 5.41) is 3.28. The van der Waals surface area contributed by atoms with E-state index in [0.717, 1.165) is 24.1 Å². The molecule has 1 N–H and O–H groups in total. The number of nitrogens with one attached hydrogen (secondary N) is 1. The first-order valence-corrected chi connectivity index (χ1v) is 6.41. The third-order valence-corrected chi connectivity index (χ3v) is 2.83. The Morgan fingerprint density at radius 1 is 1.31 bits per heavy atom. The summed E-state index contributed by atoms with van der Waals surface area (Å²) < 4.78 is 0.898. The van der Waals surface area contributed by atoms with Crippen molar-refractivity contribution in [3.63, 3.8) is 0 Å². The molecule has 4 nitrogen and oxygen atoms in total. The Kier molecular flexibility index (Phi) is 5.69. The maximum absolute atomic E-state index is 4.19. The summed E-state index contributed by atoms with van der Waals surface area (Å²) in [7, 11) is 0. The van der Waals surface area contributed by atoms with Crippen LogP contribution in [0.5, 0.6) is 0 Å². The van der Waals surface area contributed by atoms with E-state index in [4.69, 9.17) is 0 Å². The predicted molar refractivity (Wildman–Crippen MR) is 70.6 cm³/mol. The molecule has 1 atom stereocenters. The molecule has 1 unspecified atom stereocenters. The van der Waals surface area contributed by atoms with Crippen molar-refractivity contribution in [2.24, 2.45) is 0 Å². The summed E-state index contributed by atoms with van der Waals surface area (Å²) in [4.78, 5) is 10.8. The number of aromatic nitrogens is 2.